The SMILES string of the molecule is [Cl-].[Hf+4].[O-]B([O-])[O-]. The summed E-state index contributed by atoms with van der Waals surface area (Å²) in [4.78, 5) is 0. The van der Waals surface area contributed by atoms with Crippen molar-refractivity contribution in [1.29, 1.82) is 0 Å². The third-order valence-electron chi connectivity index (χ3n) is 0. The third-order valence-corrected chi connectivity index (χ3v) is 0. The maximum atomic E-state index is 8.42. The van der Waals surface area contributed by atoms with Crippen LogP contribution in [0.15, 0.2) is 0 Å². The Balaban J connectivity index is -0.0000000450. The Labute approximate surface area is 60.7 Å². The summed E-state index contributed by atoms with van der Waals surface area (Å²) in [6, 6.07) is 0. The van der Waals surface area contributed by atoms with Crippen molar-refractivity contribution >= 4 is 7.32 Å². The number of rotatable bonds is 0. The summed E-state index contributed by atoms with van der Waals surface area (Å²) in [6.07, 6.45) is 0. The summed E-state index contributed by atoms with van der Waals surface area (Å²) in [6.45, 7) is 0. The van der Waals surface area contributed by atoms with Crippen molar-refractivity contribution in [3.63, 3.8) is 0 Å². The van der Waals surface area contributed by atoms with Gasteiger partial charge in [-0.1, -0.05) is 0 Å². The van der Waals surface area contributed by atoms with Gasteiger partial charge in [0.25, 0.3) is 0 Å². The second kappa shape index (κ2) is 9.44. The molecule has 0 unspecified atom stereocenters. The maximum Gasteiger partial charge on any atom is 4.00 e. The molecular formula is BClHfO3. The van der Waals surface area contributed by atoms with Crippen molar-refractivity contribution in [1.82, 2.24) is 0 Å². The van der Waals surface area contributed by atoms with Crippen molar-refractivity contribution in [2.75, 3.05) is 0 Å². The fourth-order valence-electron chi connectivity index (χ4n) is 0. The van der Waals surface area contributed by atoms with E-state index < -0.39 is 7.32 Å². The first kappa shape index (κ1) is 15.7. The third kappa shape index (κ3) is 70.4. The van der Waals surface area contributed by atoms with Gasteiger partial charge in [0.05, 0.1) is 0 Å². The van der Waals surface area contributed by atoms with E-state index in [9.17, 15) is 0 Å². The fraction of sp³-hybridized carbons (Fsp3) is 0. The molecule has 6 heavy (non-hydrogen) atoms. The molecule has 0 bridgehead atoms. The standard InChI is InChI=1S/BO3.ClH.Hf/c2-1(3)4;;/h;1H;/q-3;;+4/p-1. The predicted octanol–water partition coefficient (Wildman–Crippen LogP) is -6.95. The molecule has 0 aliphatic heterocycles. The van der Waals surface area contributed by atoms with E-state index in [0.717, 1.165) is 0 Å². The first-order valence-corrected chi connectivity index (χ1v) is 0.707. The van der Waals surface area contributed by atoms with E-state index in [2.05, 4.69) is 0 Å². The molecule has 0 aliphatic carbocycles. The van der Waals surface area contributed by atoms with Crippen LogP contribution in [0.4, 0.5) is 0 Å². The zero-order valence-electron chi connectivity index (χ0n) is 2.68. The fourth-order valence-corrected chi connectivity index (χ4v) is 0. The molecule has 32 valence electrons. The van der Waals surface area contributed by atoms with Crippen LogP contribution in [0, 0.1) is 0 Å². The molecule has 0 atom stereocenters. The summed E-state index contributed by atoms with van der Waals surface area (Å²) < 4.78 is 0. The first-order valence-electron chi connectivity index (χ1n) is 0.707. The van der Waals surface area contributed by atoms with Crippen molar-refractivity contribution in [3.05, 3.63) is 0 Å². The zero-order chi connectivity index (χ0) is 3.58. The topological polar surface area (TPSA) is 69.2 Å². The van der Waals surface area contributed by atoms with Gasteiger partial charge in [-0.05, 0) is 0 Å². The monoisotopic (exact) mass is 274 g/mol. The van der Waals surface area contributed by atoms with Gasteiger partial charge >= 0.3 is 25.8 Å². The van der Waals surface area contributed by atoms with E-state index >= 15 is 0 Å². The maximum absolute atomic E-state index is 8.42. The van der Waals surface area contributed by atoms with Crippen molar-refractivity contribution in [2.45, 2.75) is 0 Å². The van der Waals surface area contributed by atoms with Gasteiger partial charge < -0.3 is 27.5 Å². The largest absolute Gasteiger partial charge is 4.00 e. The molecular weight excluding hydrogens is 273 g/mol. The van der Waals surface area contributed by atoms with Crippen LogP contribution in [0.2, 0.25) is 0 Å². The summed E-state index contributed by atoms with van der Waals surface area (Å²) in [7, 11) is -2.92. The van der Waals surface area contributed by atoms with Gasteiger partial charge in [0.1, 0.15) is 0 Å². The zero-order valence-corrected chi connectivity index (χ0v) is 7.03. The Morgan fingerprint density at radius 2 is 1.00 bits per heavy atom. The average molecular weight is 273 g/mol. The summed E-state index contributed by atoms with van der Waals surface area (Å²) in [5, 5.41) is 25.2. The van der Waals surface area contributed by atoms with Crippen molar-refractivity contribution in [3.8, 4) is 0 Å². The second-order valence-corrected chi connectivity index (χ2v) is 0.289. The molecule has 6 heteroatoms. The van der Waals surface area contributed by atoms with Gasteiger partial charge in [0.2, 0.25) is 0 Å². The van der Waals surface area contributed by atoms with Crippen LogP contribution in [0.5, 0.6) is 0 Å². The van der Waals surface area contributed by atoms with Crippen LogP contribution in [0.25, 0.3) is 0 Å². The van der Waals surface area contributed by atoms with Gasteiger partial charge in [-0.3, -0.25) is 7.32 Å². The molecule has 0 saturated carbocycles. The van der Waals surface area contributed by atoms with Crippen LogP contribution in [-0.4, -0.2) is 7.32 Å². The molecule has 0 aliphatic rings. The van der Waals surface area contributed by atoms with Crippen LogP contribution in [-0.2, 0) is 25.8 Å². The van der Waals surface area contributed by atoms with E-state index in [1.165, 1.54) is 0 Å². The molecule has 0 aromatic carbocycles. The van der Waals surface area contributed by atoms with E-state index in [-0.39, 0.29) is 38.3 Å². The van der Waals surface area contributed by atoms with Gasteiger partial charge in [-0.15, -0.1) is 0 Å². The Morgan fingerprint density at radius 3 is 1.00 bits per heavy atom. The molecule has 0 saturated heterocycles. The van der Waals surface area contributed by atoms with Crippen LogP contribution >= 0.6 is 0 Å². The molecule has 0 N–H and O–H groups in total. The molecule has 0 radical (unpaired) electrons. The minimum absolute atomic E-state index is 0. The molecule has 0 fully saturated rings. The molecule has 0 amide bonds. The summed E-state index contributed by atoms with van der Waals surface area (Å²) >= 11 is 0. The molecule has 0 rings (SSSR count). The van der Waals surface area contributed by atoms with Gasteiger partial charge in [0.15, 0.2) is 0 Å². The number of hydrogen-bond donors (Lipinski definition) is 0. The number of halogens is 1. The van der Waals surface area contributed by atoms with Crippen molar-refractivity contribution < 1.29 is 53.3 Å². The minimum Gasteiger partial charge on any atom is -1.00 e. The number of hydrogen-bond acceptors (Lipinski definition) is 3. The molecule has 0 spiro atoms. The normalized spacial score (nSPS) is 4.50. The van der Waals surface area contributed by atoms with Gasteiger partial charge in [0, 0.05) is 0 Å². The van der Waals surface area contributed by atoms with Crippen LogP contribution < -0.4 is 27.5 Å². The van der Waals surface area contributed by atoms with Crippen molar-refractivity contribution in [2.24, 2.45) is 0 Å². The molecule has 3 nitrogen and oxygen atoms in total. The van der Waals surface area contributed by atoms with Crippen LogP contribution in [0.3, 0.4) is 0 Å². The quantitative estimate of drug-likeness (QED) is 0.412. The Kier molecular flexibility index (Phi) is 24.7. The molecule has 0 heterocycles. The van der Waals surface area contributed by atoms with E-state index in [0.29, 0.717) is 0 Å². The Hall–Kier alpha value is 1.11. The van der Waals surface area contributed by atoms with Gasteiger partial charge in [-0.25, -0.2) is 0 Å². The van der Waals surface area contributed by atoms with E-state index in [1.807, 2.05) is 0 Å². The predicted molar refractivity (Wildman–Crippen MR) is 5.75 cm³/mol. The van der Waals surface area contributed by atoms with Gasteiger partial charge in [-0.2, -0.15) is 0 Å². The molecule has 0 aromatic heterocycles. The van der Waals surface area contributed by atoms with E-state index in [1.54, 1.807) is 0 Å². The second-order valence-electron chi connectivity index (χ2n) is 0.289. The van der Waals surface area contributed by atoms with Crippen LogP contribution in [0.1, 0.15) is 0 Å². The average Bonchev–Trinajstić information content (AvgIpc) is 0.811. The summed E-state index contributed by atoms with van der Waals surface area (Å²) in [5.41, 5.74) is 0. The Bertz CT molecular complexity index is 15.5. The summed E-state index contributed by atoms with van der Waals surface area (Å²) in [5.74, 6) is 0. The molecule has 0 aromatic rings. The first-order chi connectivity index (χ1) is 1.73. The Morgan fingerprint density at radius 1 is 1.00 bits per heavy atom. The minimum atomic E-state index is -2.92. The smallest absolute Gasteiger partial charge is 1.00 e. The van der Waals surface area contributed by atoms with E-state index in [4.69, 9.17) is 15.1 Å².